The van der Waals surface area contributed by atoms with Crippen molar-refractivity contribution in [1.29, 1.82) is 0 Å². The summed E-state index contributed by atoms with van der Waals surface area (Å²) in [5.41, 5.74) is 0. The van der Waals surface area contributed by atoms with E-state index in [2.05, 4.69) is 0 Å². The smallest absolute Gasteiger partial charge is 0.742 e. The van der Waals surface area contributed by atoms with Gasteiger partial charge < -0.3 is 9.35 Å². The second-order valence-electron chi connectivity index (χ2n) is 4.50. The van der Waals surface area contributed by atoms with Crippen LogP contribution in [-0.4, -0.2) is 23.9 Å². The van der Waals surface area contributed by atoms with Gasteiger partial charge in [0.1, 0.15) is 5.78 Å². The minimum atomic E-state index is -4.74. The Morgan fingerprint density at radius 2 is 1.21 bits per heavy atom. The molecule has 0 aromatic rings. The zero-order valence-corrected chi connectivity index (χ0v) is 14.6. The quantitative estimate of drug-likeness (QED) is 0.298. The molecule has 0 rings (SSSR count). The Labute approximate surface area is 137 Å². The summed E-state index contributed by atoms with van der Waals surface area (Å²) in [5.74, 6) is 0.215. The Morgan fingerprint density at radius 1 is 0.842 bits per heavy atom. The van der Waals surface area contributed by atoms with Crippen LogP contribution in [0.4, 0.5) is 0 Å². The number of hydrogen-bond donors (Lipinski definition) is 0. The van der Waals surface area contributed by atoms with Gasteiger partial charge in [-0.1, -0.05) is 32.1 Å². The molecule has 5 nitrogen and oxygen atoms in total. The zero-order chi connectivity index (χ0) is 14.0. The summed E-state index contributed by atoms with van der Waals surface area (Å²) in [5, 5.41) is -1.20. The first-order valence-corrected chi connectivity index (χ1v) is 7.73. The van der Waals surface area contributed by atoms with E-state index in [-0.39, 0.29) is 41.8 Å². The summed E-state index contributed by atoms with van der Waals surface area (Å²) in [4.78, 5) is 21.4. The fourth-order valence-electron chi connectivity index (χ4n) is 1.65. The summed E-state index contributed by atoms with van der Waals surface area (Å²) in [6.45, 7) is 1.58. The second kappa shape index (κ2) is 12.0. The third-order valence-electron chi connectivity index (χ3n) is 2.69. The van der Waals surface area contributed by atoms with Gasteiger partial charge in [0.2, 0.25) is 5.12 Å². The van der Waals surface area contributed by atoms with Gasteiger partial charge in [0, 0.05) is 12.8 Å². The summed E-state index contributed by atoms with van der Waals surface area (Å²) >= 11 is 0. The summed E-state index contributed by atoms with van der Waals surface area (Å²) in [6, 6.07) is 0. The molecule has 0 spiro atoms. The first-order valence-electron chi connectivity index (χ1n) is 6.32. The topological polar surface area (TPSA) is 91.3 Å². The van der Waals surface area contributed by atoms with Gasteiger partial charge in [-0.05, 0) is 19.8 Å². The Balaban J connectivity index is 0. The SMILES string of the molecule is CC(=O)CCCCCCCCCC(=O)S(=O)(=O)[O-].[Na+]. The maximum atomic E-state index is 10.8. The molecule has 0 aliphatic rings. The molecule has 0 saturated carbocycles. The molecule has 0 saturated heterocycles. The molecule has 106 valence electrons. The van der Waals surface area contributed by atoms with Crippen molar-refractivity contribution in [2.24, 2.45) is 0 Å². The van der Waals surface area contributed by atoms with E-state index in [0.29, 0.717) is 12.8 Å². The average molecular weight is 300 g/mol. The first kappa shape index (κ1) is 21.5. The van der Waals surface area contributed by atoms with Crippen molar-refractivity contribution in [1.82, 2.24) is 0 Å². The zero-order valence-electron chi connectivity index (χ0n) is 11.8. The van der Waals surface area contributed by atoms with Crippen LogP contribution in [0.1, 0.15) is 64.7 Å². The van der Waals surface area contributed by atoms with Crippen LogP contribution in [0.2, 0.25) is 0 Å². The largest absolute Gasteiger partial charge is 1.00 e. The first-order chi connectivity index (χ1) is 8.34. The van der Waals surface area contributed by atoms with Crippen LogP contribution in [0.3, 0.4) is 0 Å². The van der Waals surface area contributed by atoms with Gasteiger partial charge in [0.15, 0.2) is 10.1 Å². The van der Waals surface area contributed by atoms with Gasteiger partial charge in [0.05, 0.1) is 0 Å². The molecule has 0 fully saturated rings. The number of unbranched alkanes of at least 4 members (excludes halogenated alkanes) is 6. The summed E-state index contributed by atoms with van der Waals surface area (Å²) in [6.07, 6.45) is 6.59. The standard InChI is InChI=1S/C12H22O5S.Na/c1-11(13)9-7-5-3-2-4-6-8-10-12(14)18(15,16)17;/h2-10H2,1H3,(H,15,16,17);/q;+1/p-1. The minimum Gasteiger partial charge on any atom is -0.742 e. The molecule has 0 atom stereocenters. The molecule has 0 aromatic heterocycles. The van der Waals surface area contributed by atoms with Crippen molar-refractivity contribution < 1.29 is 52.1 Å². The molecular weight excluding hydrogens is 279 g/mol. The maximum Gasteiger partial charge on any atom is 1.00 e. The van der Waals surface area contributed by atoms with E-state index in [4.69, 9.17) is 0 Å². The predicted octanol–water partition coefficient (Wildman–Crippen LogP) is -0.838. The van der Waals surface area contributed by atoms with Crippen LogP contribution < -0.4 is 29.6 Å². The van der Waals surface area contributed by atoms with Crippen LogP contribution >= 0.6 is 0 Å². The molecule has 0 bridgehead atoms. The van der Waals surface area contributed by atoms with Crippen LogP contribution in [-0.2, 0) is 19.7 Å². The van der Waals surface area contributed by atoms with Crippen molar-refractivity contribution in [3.05, 3.63) is 0 Å². The normalized spacial score (nSPS) is 10.8. The summed E-state index contributed by atoms with van der Waals surface area (Å²) < 4.78 is 30.9. The van der Waals surface area contributed by atoms with E-state index < -0.39 is 15.2 Å². The molecule has 0 aliphatic heterocycles. The molecule has 0 unspecified atom stereocenters. The third kappa shape index (κ3) is 14.5. The molecule has 0 amide bonds. The fraction of sp³-hybridized carbons (Fsp3) is 0.833. The van der Waals surface area contributed by atoms with Crippen molar-refractivity contribution >= 4 is 21.0 Å². The summed E-state index contributed by atoms with van der Waals surface area (Å²) in [7, 11) is -4.74. The second-order valence-corrected chi connectivity index (χ2v) is 5.87. The van der Waals surface area contributed by atoms with Crippen LogP contribution in [0.5, 0.6) is 0 Å². The molecule has 0 aliphatic carbocycles. The molecule has 0 N–H and O–H groups in total. The van der Waals surface area contributed by atoms with Gasteiger partial charge in [-0.2, -0.15) is 0 Å². The van der Waals surface area contributed by atoms with E-state index >= 15 is 0 Å². The minimum absolute atomic E-state index is 0. The Bertz CT molecular complexity index is 364. The van der Waals surface area contributed by atoms with Crippen molar-refractivity contribution in [3.63, 3.8) is 0 Å². The Kier molecular flexibility index (Phi) is 13.6. The van der Waals surface area contributed by atoms with Crippen molar-refractivity contribution in [3.8, 4) is 0 Å². The number of carbonyl (C=O) groups excluding carboxylic acids is 2. The number of carbonyl (C=O) groups is 2. The molecular formula is C12H21NaO5S. The predicted molar refractivity (Wildman–Crippen MR) is 66.9 cm³/mol. The molecule has 19 heavy (non-hydrogen) atoms. The van der Waals surface area contributed by atoms with E-state index in [0.717, 1.165) is 38.5 Å². The van der Waals surface area contributed by atoms with Gasteiger partial charge in [-0.15, -0.1) is 0 Å². The number of Topliss-reactive ketones (excluding diaryl/α,β-unsaturated/α-hetero) is 1. The average Bonchev–Trinajstić information content (AvgIpc) is 2.24. The fourth-order valence-corrected chi connectivity index (χ4v) is 2.05. The Hall–Kier alpha value is 0.250. The van der Waals surface area contributed by atoms with Gasteiger partial charge in [-0.3, -0.25) is 4.79 Å². The van der Waals surface area contributed by atoms with Gasteiger partial charge in [-0.25, -0.2) is 8.42 Å². The monoisotopic (exact) mass is 300 g/mol. The number of hydrogen-bond acceptors (Lipinski definition) is 5. The van der Waals surface area contributed by atoms with Gasteiger partial charge in [0.25, 0.3) is 0 Å². The van der Waals surface area contributed by atoms with E-state index in [1.165, 1.54) is 0 Å². The van der Waals surface area contributed by atoms with E-state index in [9.17, 15) is 22.6 Å². The maximum absolute atomic E-state index is 10.8. The van der Waals surface area contributed by atoms with E-state index in [1.807, 2.05) is 0 Å². The molecule has 0 heterocycles. The van der Waals surface area contributed by atoms with Crippen molar-refractivity contribution in [2.45, 2.75) is 64.7 Å². The third-order valence-corrected chi connectivity index (χ3v) is 3.45. The molecule has 0 radical (unpaired) electrons. The molecule has 0 aromatic carbocycles. The van der Waals surface area contributed by atoms with Gasteiger partial charge >= 0.3 is 29.6 Å². The van der Waals surface area contributed by atoms with E-state index in [1.54, 1.807) is 6.92 Å². The van der Waals surface area contributed by atoms with Crippen LogP contribution in [0.25, 0.3) is 0 Å². The van der Waals surface area contributed by atoms with Crippen molar-refractivity contribution in [2.75, 3.05) is 0 Å². The number of rotatable bonds is 10. The van der Waals surface area contributed by atoms with Crippen LogP contribution in [0.15, 0.2) is 0 Å². The molecule has 7 heteroatoms. The van der Waals surface area contributed by atoms with Crippen LogP contribution in [0, 0.1) is 0 Å². The Morgan fingerprint density at radius 3 is 1.58 bits per heavy atom. The number of ketones is 1.